The molecule has 1 atom stereocenters. The Morgan fingerprint density at radius 2 is 1.83 bits per heavy atom. The Bertz CT molecular complexity index is 259. The third-order valence-electron chi connectivity index (χ3n) is 3.61. The zero-order valence-corrected chi connectivity index (χ0v) is 12.3. The summed E-state index contributed by atoms with van der Waals surface area (Å²) in [6, 6.07) is 0.215. The molecule has 1 N–H and O–H groups in total. The molecule has 1 fully saturated rings. The molecule has 0 aliphatic carbocycles. The maximum atomic E-state index is 12.1. The van der Waals surface area contributed by atoms with E-state index in [0.29, 0.717) is 0 Å². The average Bonchev–Trinajstić information content (AvgIpc) is 2.56. The van der Waals surface area contributed by atoms with Crippen LogP contribution in [-0.4, -0.2) is 42.8 Å². The van der Waals surface area contributed by atoms with Gasteiger partial charge in [-0.25, -0.2) is 4.79 Å². The van der Waals surface area contributed by atoms with E-state index >= 15 is 0 Å². The lowest BCUT2D eigenvalue weighted by Gasteiger charge is -2.29. The predicted molar refractivity (Wildman–Crippen MR) is 73.7 cm³/mol. The van der Waals surface area contributed by atoms with Crippen LogP contribution in [0.15, 0.2) is 0 Å². The van der Waals surface area contributed by atoms with E-state index in [0.717, 1.165) is 32.4 Å². The van der Waals surface area contributed by atoms with Crippen molar-refractivity contribution < 1.29 is 9.53 Å². The fraction of sp³-hybridized carbons (Fsp3) is 0.929. The van der Waals surface area contributed by atoms with Gasteiger partial charge in [-0.05, 0) is 40.0 Å². The zero-order chi connectivity index (χ0) is 13.6. The number of nitrogens with one attached hydrogen (secondary N) is 1. The van der Waals surface area contributed by atoms with Crippen LogP contribution in [0.4, 0.5) is 4.79 Å². The number of carbonyl (C=O) groups is 1. The van der Waals surface area contributed by atoms with Gasteiger partial charge in [0.25, 0.3) is 0 Å². The third-order valence-corrected chi connectivity index (χ3v) is 3.61. The number of nitrogens with zero attached hydrogens (tertiary/aromatic N) is 1. The molecule has 0 saturated carbocycles. The Kier molecular flexibility index (Phi) is 5.93. The lowest BCUT2D eigenvalue weighted by Crippen LogP contribution is -2.46. The van der Waals surface area contributed by atoms with Crippen LogP contribution in [0, 0.1) is 0 Å². The minimum absolute atomic E-state index is 0.0799. The van der Waals surface area contributed by atoms with Gasteiger partial charge < -0.3 is 15.0 Å². The van der Waals surface area contributed by atoms with Crippen molar-refractivity contribution in [1.82, 2.24) is 10.2 Å². The zero-order valence-electron chi connectivity index (χ0n) is 12.3. The summed E-state index contributed by atoms with van der Waals surface area (Å²) in [6.07, 6.45) is 5.58. The molecule has 4 heteroatoms. The van der Waals surface area contributed by atoms with E-state index < -0.39 is 0 Å². The highest BCUT2D eigenvalue weighted by molar-refractivity contribution is 5.74. The molecule has 0 radical (unpaired) electrons. The van der Waals surface area contributed by atoms with Crippen LogP contribution in [0.25, 0.3) is 0 Å². The van der Waals surface area contributed by atoms with Gasteiger partial charge in [0, 0.05) is 26.2 Å². The van der Waals surface area contributed by atoms with E-state index in [-0.39, 0.29) is 17.7 Å². The van der Waals surface area contributed by atoms with Gasteiger partial charge in [0.05, 0.1) is 5.60 Å². The number of rotatable bonds is 4. The molecule has 0 aromatic heterocycles. The predicted octanol–water partition coefficient (Wildman–Crippen LogP) is 2.78. The Labute approximate surface area is 111 Å². The van der Waals surface area contributed by atoms with Crippen LogP contribution in [0.2, 0.25) is 0 Å². The Morgan fingerprint density at radius 3 is 2.33 bits per heavy atom. The summed E-state index contributed by atoms with van der Waals surface area (Å²) in [7, 11) is 1.71. The number of carbonyl (C=O) groups excluding carboxylic acids is 1. The second-order valence-corrected chi connectivity index (χ2v) is 5.92. The molecule has 0 aromatic rings. The van der Waals surface area contributed by atoms with Crippen molar-refractivity contribution in [3.63, 3.8) is 0 Å². The van der Waals surface area contributed by atoms with Crippen molar-refractivity contribution in [2.24, 2.45) is 0 Å². The van der Waals surface area contributed by atoms with E-state index in [1.807, 2.05) is 25.7 Å². The summed E-state index contributed by atoms with van der Waals surface area (Å²) in [5, 5.41) is 3.07. The van der Waals surface area contributed by atoms with Crippen molar-refractivity contribution in [2.45, 2.75) is 64.5 Å². The van der Waals surface area contributed by atoms with Crippen molar-refractivity contribution in [3.05, 3.63) is 0 Å². The summed E-state index contributed by atoms with van der Waals surface area (Å²) in [6.45, 7) is 7.91. The highest BCUT2D eigenvalue weighted by atomic mass is 16.5. The number of hydrogen-bond donors (Lipinski definition) is 1. The monoisotopic (exact) mass is 256 g/mol. The molecule has 0 spiro atoms. The minimum Gasteiger partial charge on any atom is -0.379 e. The van der Waals surface area contributed by atoms with E-state index in [4.69, 9.17) is 4.74 Å². The molecule has 1 unspecified atom stereocenters. The molecule has 1 aliphatic heterocycles. The van der Waals surface area contributed by atoms with Crippen LogP contribution in [0.3, 0.4) is 0 Å². The van der Waals surface area contributed by atoms with Gasteiger partial charge in [-0.1, -0.05) is 12.8 Å². The lowest BCUT2D eigenvalue weighted by atomic mass is 10.00. The minimum atomic E-state index is -0.189. The van der Waals surface area contributed by atoms with Gasteiger partial charge in [0.15, 0.2) is 0 Å². The lowest BCUT2D eigenvalue weighted by molar-refractivity contribution is 0.00915. The van der Waals surface area contributed by atoms with Crippen LogP contribution in [-0.2, 0) is 4.74 Å². The quantitative estimate of drug-likeness (QED) is 0.840. The molecule has 4 nitrogen and oxygen atoms in total. The van der Waals surface area contributed by atoms with E-state index in [1.165, 1.54) is 12.8 Å². The molecule has 0 aromatic carbocycles. The van der Waals surface area contributed by atoms with Crippen molar-refractivity contribution in [2.75, 3.05) is 20.2 Å². The molecule has 1 aliphatic rings. The SMILES string of the molecule is COC(C)(C)CC(C)NC(=O)N1CCCCCC1. The molecule has 1 saturated heterocycles. The fourth-order valence-corrected chi connectivity index (χ4v) is 2.45. The van der Waals surface area contributed by atoms with Gasteiger partial charge in [0.2, 0.25) is 0 Å². The third kappa shape index (κ3) is 5.25. The molecule has 0 bridgehead atoms. The van der Waals surface area contributed by atoms with Gasteiger partial charge in [-0.15, -0.1) is 0 Å². The van der Waals surface area contributed by atoms with Crippen LogP contribution in [0.5, 0.6) is 0 Å². The van der Waals surface area contributed by atoms with Crippen LogP contribution < -0.4 is 5.32 Å². The Hall–Kier alpha value is -0.770. The van der Waals surface area contributed by atoms with E-state index in [2.05, 4.69) is 5.32 Å². The maximum absolute atomic E-state index is 12.1. The number of methoxy groups -OCH3 is 1. The second-order valence-electron chi connectivity index (χ2n) is 5.92. The maximum Gasteiger partial charge on any atom is 0.317 e. The topological polar surface area (TPSA) is 41.6 Å². The Balaban J connectivity index is 2.38. The molecule has 2 amide bonds. The molecular formula is C14H28N2O2. The number of urea groups is 1. The first-order valence-electron chi connectivity index (χ1n) is 7.05. The summed E-state index contributed by atoms with van der Waals surface area (Å²) in [5.41, 5.74) is -0.189. The summed E-state index contributed by atoms with van der Waals surface area (Å²) < 4.78 is 5.39. The van der Waals surface area contributed by atoms with Gasteiger partial charge >= 0.3 is 6.03 Å². The van der Waals surface area contributed by atoms with E-state index in [1.54, 1.807) is 7.11 Å². The van der Waals surface area contributed by atoms with Crippen molar-refractivity contribution >= 4 is 6.03 Å². The Morgan fingerprint density at radius 1 is 1.28 bits per heavy atom. The van der Waals surface area contributed by atoms with Crippen LogP contribution in [0.1, 0.15) is 52.9 Å². The summed E-state index contributed by atoms with van der Waals surface area (Å²) in [5.74, 6) is 0. The van der Waals surface area contributed by atoms with Crippen LogP contribution >= 0.6 is 0 Å². The molecule has 18 heavy (non-hydrogen) atoms. The normalized spacial score (nSPS) is 19.2. The first-order valence-corrected chi connectivity index (χ1v) is 7.05. The first kappa shape index (κ1) is 15.3. The molecule has 106 valence electrons. The van der Waals surface area contributed by atoms with Gasteiger partial charge in [0.1, 0.15) is 0 Å². The largest absolute Gasteiger partial charge is 0.379 e. The second kappa shape index (κ2) is 6.98. The highest BCUT2D eigenvalue weighted by Crippen LogP contribution is 2.16. The van der Waals surface area contributed by atoms with Gasteiger partial charge in [-0.3, -0.25) is 0 Å². The molecule has 1 heterocycles. The molecule has 1 rings (SSSR count). The molecular weight excluding hydrogens is 228 g/mol. The summed E-state index contributed by atoms with van der Waals surface area (Å²) in [4.78, 5) is 14.1. The number of amides is 2. The number of ether oxygens (including phenoxy) is 1. The average molecular weight is 256 g/mol. The van der Waals surface area contributed by atoms with Crippen molar-refractivity contribution in [1.29, 1.82) is 0 Å². The number of likely N-dealkylation sites (tertiary alicyclic amines) is 1. The summed E-state index contributed by atoms with van der Waals surface area (Å²) >= 11 is 0. The smallest absolute Gasteiger partial charge is 0.317 e. The van der Waals surface area contributed by atoms with Gasteiger partial charge in [-0.2, -0.15) is 0 Å². The van der Waals surface area contributed by atoms with Crippen molar-refractivity contribution in [3.8, 4) is 0 Å². The fourth-order valence-electron chi connectivity index (χ4n) is 2.45. The van der Waals surface area contributed by atoms with E-state index in [9.17, 15) is 4.79 Å². The first-order chi connectivity index (χ1) is 8.44. The highest BCUT2D eigenvalue weighted by Gasteiger charge is 2.23. The standard InChI is InChI=1S/C14H28N2O2/c1-12(11-14(2,3)18-4)15-13(17)16-9-7-5-6-8-10-16/h12H,5-11H2,1-4H3,(H,15,17). The number of hydrogen-bond acceptors (Lipinski definition) is 2.